The highest BCUT2D eigenvalue weighted by atomic mass is 16.5. The Balaban J connectivity index is 1.48. The molecule has 30 heavy (non-hydrogen) atoms. The van der Waals surface area contributed by atoms with E-state index in [0.29, 0.717) is 31.2 Å². The zero-order valence-electron chi connectivity index (χ0n) is 17.5. The van der Waals surface area contributed by atoms with Crippen LogP contribution in [0.4, 0.5) is 0 Å². The predicted molar refractivity (Wildman–Crippen MR) is 117 cm³/mol. The Morgan fingerprint density at radius 1 is 0.933 bits per heavy atom. The Morgan fingerprint density at radius 2 is 1.63 bits per heavy atom. The summed E-state index contributed by atoms with van der Waals surface area (Å²) in [5.41, 5.74) is 3.27. The first-order valence-electron chi connectivity index (χ1n) is 10.1. The third-order valence-corrected chi connectivity index (χ3v) is 4.94. The van der Waals surface area contributed by atoms with Gasteiger partial charge in [0.2, 0.25) is 0 Å². The molecule has 0 aliphatic rings. The van der Waals surface area contributed by atoms with Crippen LogP contribution >= 0.6 is 0 Å². The van der Waals surface area contributed by atoms with Crippen LogP contribution in [0.2, 0.25) is 0 Å². The van der Waals surface area contributed by atoms with Crippen molar-refractivity contribution in [3.8, 4) is 11.5 Å². The molecule has 1 atom stereocenters. The van der Waals surface area contributed by atoms with Crippen molar-refractivity contribution in [2.75, 3.05) is 13.7 Å². The van der Waals surface area contributed by atoms with Gasteiger partial charge in [-0.3, -0.25) is 4.79 Å². The van der Waals surface area contributed by atoms with Gasteiger partial charge in [0.15, 0.2) is 18.0 Å². The molecular formula is C25H29N2O3+. The number of carbonyl (C=O) groups excluding carboxylic acids is 1. The van der Waals surface area contributed by atoms with Crippen LogP contribution < -0.4 is 20.1 Å². The molecule has 0 bridgehead atoms. The van der Waals surface area contributed by atoms with Crippen molar-refractivity contribution in [1.29, 1.82) is 0 Å². The number of quaternary nitrogens is 1. The molecule has 0 saturated heterocycles. The second-order valence-electron chi connectivity index (χ2n) is 7.18. The zero-order chi connectivity index (χ0) is 21.2. The minimum absolute atomic E-state index is 0.00107. The van der Waals surface area contributed by atoms with Gasteiger partial charge in [0, 0.05) is 12.1 Å². The van der Waals surface area contributed by atoms with Gasteiger partial charge in [0.1, 0.15) is 12.6 Å². The largest absolute Gasteiger partial charge is 0.493 e. The molecule has 0 aromatic heterocycles. The smallest absolute Gasteiger partial charge is 0.275 e. The number of rotatable bonds is 10. The van der Waals surface area contributed by atoms with Crippen LogP contribution in [0.25, 0.3) is 0 Å². The standard InChI is InChI=1S/C25H28N2O3/c1-19(22-11-7-4-8-12-22)26-17-25(28)27-16-21-13-14-23(24(15-21)29-2)30-18-20-9-5-3-6-10-20/h3-15,19,26H,16-18H2,1-2H3,(H,27,28)/p+1/t19-/m0/s1. The van der Waals surface area contributed by atoms with Crippen molar-refractivity contribution >= 4 is 5.91 Å². The summed E-state index contributed by atoms with van der Waals surface area (Å²) in [5, 5.41) is 5.00. The number of methoxy groups -OCH3 is 1. The number of ether oxygens (including phenoxy) is 2. The van der Waals surface area contributed by atoms with Crippen LogP contribution in [0.5, 0.6) is 11.5 Å². The maximum absolute atomic E-state index is 12.2. The van der Waals surface area contributed by atoms with Gasteiger partial charge in [0.05, 0.1) is 7.11 Å². The number of nitrogens with two attached hydrogens (primary N) is 1. The third-order valence-electron chi connectivity index (χ3n) is 4.94. The Hall–Kier alpha value is -3.31. The highest BCUT2D eigenvalue weighted by molar-refractivity contribution is 5.76. The Kier molecular flexibility index (Phi) is 7.86. The van der Waals surface area contributed by atoms with Crippen LogP contribution in [0.3, 0.4) is 0 Å². The van der Waals surface area contributed by atoms with E-state index in [4.69, 9.17) is 9.47 Å². The van der Waals surface area contributed by atoms with Gasteiger partial charge in [-0.25, -0.2) is 0 Å². The second kappa shape index (κ2) is 11.0. The van der Waals surface area contributed by atoms with Gasteiger partial charge in [-0.1, -0.05) is 66.7 Å². The van der Waals surface area contributed by atoms with Crippen molar-refractivity contribution in [2.45, 2.75) is 26.1 Å². The minimum atomic E-state index is 0.00107. The van der Waals surface area contributed by atoms with E-state index in [1.54, 1.807) is 7.11 Å². The van der Waals surface area contributed by atoms with E-state index in [2.05, 4.69) is 24.4 Å². The summed E-state index contributed by atoms with van der Waals surface area (Å²) in [6.45, 7) is 3.40. The number of hydrogen-bond donors (Lipinski definition) is 2. The molecule has 0 spiro atoms. The summed E-state index contributed by atoms with van der Waals surface area (Å²) in [6, 6.07) is 26.1. The van der Waals surface area contributed by atoms with E-state index < -0.39 is 0 Å². The van der Waals surface area contributed by atoms with Crippen LogP contribution in [0.15, 0.2) is 78.9 Å². The highest BCUT2D eigenvalue weighted by Gasteiger charge is 2.12. The summed E-state index contributed by atoms with van der Waals surface area (Å²) in [4.78, 5) is 12.2. The lowest BCUT2D eigenvalue weighted by molar-refractivity contribution is -0.682. The van der Waals surface area contributed by atoms with Gasteiger partial charge < -0.3 is 20.1 Å². The van der Waals surface area contributed by atoms with Crippen LogP contribution in [0.1, 0.15) is 29.7 Å². The van der Waals surface area contributed by atoms with Gasteiger partial charge in [-0.05, 0) is 30.2 Å². The molecule has 5 nitrogen and oxygen atoms in total. The average molecular weight is 406 g/mol. The molecule has 3 aromatic carbocycles. The normalized spacial score (nSPS) is 11.5. The van der Waals surface area contributed by atoms with E-state index in [1.165, 1.54) is 5.56 Å². The summed E-state index contributed by atoms with van der Waals surface area (Å²) < 4.78 is 11.3. The fraction of sp³-hybridized carbons (Fsp3) is 0.240. The molecule has 3 rings (SSSR count). The van der Waals surface area contributed by atoms with E-state index in [0.717, 1.165) is 11.1 Å². The molecule has 0 aliphatic heterocycles. The second-order valence-corrected chi connectivity index (χ2v) is 7.18. The number of amides is 1. The van der Waals surface area contributed by atoms with Crippen molar-refractivity contribution in [1.82, 2.24) is 5.32 Å². The summed E-state index contributed by atoms with van der Waals surface area (Å²) in [5.74, 6) is 1.34. The van der Waals surface area contributed by atoms with Crippen molar-refractivity contribution < 1.29 is 19.6 Å². The summed E-state index contributed by atoms with van der Waals surface area (Å²) >= 11 is 0. The molecule has 3 aromatic rings. The summed E-state index contributed by atoms with van der Waals surface area (Å²) in [6.07, 6.45) is 0. The minimum Gasteiger partial charge on any atom is -0.493 e. The molecular weight excluding hydrogens is 376 g/mol. The predicted octanol–water partition coefficient (Wildman–Crippen LogP) is 3.22. The van der Waals surface area contributed by atoms with E-state index in [9.17, 15) is 4.79 Å². The lowest BCUT2D eigenvalue weighted by atomic mass is 10.1. The van der Waals surface area contributed by atoms with Gasteiger partial charge in [-0.2, -0.15) is 0 Å². The Bertz CT molecular complexity index is 930. The average Bonchev–Trinajstić information content (AvgIpc) is 2.81. The van der Waals surface area contributed by atoms with Gasteiger partial charge in [0.25, 0.3) is 5.91 Å². The first kappa shape index (κ1) is 21.4. The summed E-state index contributed by atoms with van der Waals surface area (Å²) in [7, 11) is 1.62. The number of hydrogen-bond acceptors (Lipinski definition) is 3. The van der Waals surface area contributed by atoms with Crippen molar-refractivity contribution in [3.05, 3.63) is 95.6 Å². The van der Waals surface area contributed by atoms with Crippen LogP contribution in [0, 0.1) is 0 Å². The number of nitrogens with one attached hydrogen (secondary N) is 1. The van der Waals surface area contributed by atoms with Gasteiger partial charge in [-0.15, -0.1) is 0 Å². The molecule has 3 N–H and O–H groups in total. The molecule has 0 unspecified atom stereocenters. The monoisotopic (exact) mass is 405 g/mol. The highest BCUT2D eigenvalue weighted by Crippen LogP contribution is 2.28. The molecule has 156 valence electrons. The maximum Gasteiger partial charge on any atom is 0.275 e. The first-order valence-corrected chi connectivity index (χ1v) is 10.1. The Morgan fingerprint density at radius 3 is 2.33 bits per heavy atom. The molecule has 0 aliphatic carbocycles. The number of benzene rings is 3. The molecule has 5 heteroatoms. The van der Waals surface area contributed by atoms with Gasteiger partial charge >= 0.3 is 0 Å². The fourth-order valence-corrected chi connectivity index (χ4v) is 3.13. The first-order chi connectivity index (χ1) is 14.7. The number of carbonyl (C=O) groups is 1. The van der Waals surface area contributed by atoms with Crippen LogP contribution in [-0.2, 0) is 17.9 Å². The fourth-order valence-electron chi connectivity index (χ4n) is 3.13. The lowest BCUT2D eigenvalue weighted by Crippen LogP contribution is -2.87. The van der Waals surface area contributed by atoms with E-state index in [-0.39, 0.29) is 11.9 Å². The van der Waals surface area contributed by atoms with E-state index in [1.807, 2.05) is 72.0 Å². The molecule has 0 radical (unpaired) electrons. The quantitative estimate of drug-likeness (QED) is 0.544. The Labute approximate surface area is 178 Å². The molecule has 1 amide bonds. The third kappa shape index (κ3) is 6.36. The zero-order valence-corrected chi connectivity index (χ0v) is 17.5. The van der Waals surface area contributed by atoms with Crippen LogP contribution in [-0.4, -0.2) is 19.6 Å². The van der Waals surface area contributed by atoms with Crippen molar-refractivity contribution in [2.24, 2.45) is 0 Å². The lowest BCUT2D eigenvalue weighted by Gasteiger charge is -2.13. The topological polar surface area (TPSA) is 64.2 Å². The molecule has 0 saturated carbocycles. The van der Waals surface area contributed by atoms with Crippen molar-refractivity contribution in [3.63, 3.8) is 0 Å². The molecule has 0 heterocycles. The molecule has 0 fully saturated rings. The van der Waals surface area contributed by atoms with E-state index >= 15 is 0 Å². The SMILES string of the molecule is COc1cc(CNC(=O)C[NH2+][C@@H](C)c2ccccc2)ccc1OCc1ccccc1. The maximum atomic E-state index is 12.2.